The topological polar surface area (TPSA) is 100 Å². The molecule has 1 aliphatic rings. The average Bonchev–Trinajstić information content (AvgIpc) is 2.78. The zero-order chi connectivity index (χ0) is 21.7. The number of benzene rings is 2. The monoisotopic (exact) mass is 398 g/mol. The van der Waals surface area contributed by atoms with Gasteiger partial charge >= 0.3 is 11.9 Å². The highest BCUT2D eigenvalue weighted by Gasteiger charge is 2.32. The van der Waals surface area contributed by atoms with Crippen molar-refractivity contribution in [3.8, 4) is 12.1 Å². The Labute approximate surface area is 174 Å². The van der Waals surface area contributed by atoms with Gasteiger partial charge in [-0.15, -0.1) is 0 Å². The van der Waals surface area contributed by atoms with Gasteiger partial charge in [-0.1, -0.05) is 18.6 Å². The second-order valence-electron chi connectivity index (χ2n) is 6.86. The van der Waals surface area contributed by atoms with Crippen LogP contribution in [0.3, 0.4) is 0 Å². The molecule has 6 heteroatoms. The average molecular weight is 398 g/mol. The number of hydrogen-bond donors (Lipinski definition) is 0. The molecule has 0 aromatic heterocycles. The van der Waals surface area contributed by atoms with E-state index in [2.05, 4.69) is 0 Å². The lowest BCUT2D eigenvalue weighted by Crippen LogP contribution is -2.32. The number of rotatable bonds is 4. The first-order valence-electron chi connectivity index (χ1n) is 9.24. The Morgan fingerprint density at radius 2 is 1.33 bits per heavy atom. The van der Waals surface area contributed by atoms with Crippen molar-refractivity contribution in [2.45, 2.75) is 20.0 Å². The summed E-state index contributed by atoms with van der Waals surface area (Å²) in [5, 5.41) is 17.8. The van der Waals surface area contributed by atoms with Crippen LogP contribution in [0.1, 0.15) is 45.7 Å². The van der Waals surface area contributed by atoms with Crippen molar-refractivity contribution in [1.29, 1.82) is 10.5 Å². The van der Waals surface area contributed by atoms with Gasteiger partial charge in [0.15, 0.2) is 6.10 Å². The van der Waals surface area contributed by atoms with Crippen LogP contribution < -0.4 is 0 Å². The molecule has 2 aromatic rings. The van der Waals surface area contributed by atoms with Gasteiger partial charge in [0.1, 0.15) is 5.76 Å². The van der Waals surface area contributed by atoms with Crippen molar-refractivity contribution in [2.24, 2.45) is 5.92 Å². The van der Waals surface area contributed by atoms with E-state index in [1.165, 1.54) is 48.5 Å². The number of nitriles is 2. The van der Waals surface area contributed by atoms with Crippen LogP contribution >= 0.6 is 0 Å². The smallest absolute Gasteiger partial charge is 0.343 e. The second kappa shape index (κ2) is 8.89. The van der Waals surface area contributed by atoms with Crippen LogP contribution in [0.4, 0.5) is 0 Å². The summed E-state index contributed by atoms with van der Waals surface area (Å²) in [6.45, 7) is 3.79. The normalized spacial score (nSPS) is 17.6. The van der Waals surface area contributed by atoms with E-state index in [0.29, 0.717) is 16.7 Å². The maximum atomic E-state index is 12.6. The van der Waals surface area contributed by atoms with Crippen LogP contribution in [-0.4, -0.2) is 18.0 Å². The van der Waals surface area contributed by atoms with Gasteiger partial charge in [-0.05, 0) is 61.5 Å². The molecule has 148 valence electrons. The highest BCUT2D eigenvalue weighted by Crippen LogP contribution is 2.30. The summed E-state index contributed by atoms with van der Waals surface area (Å²) >= 11 is 0. The predicted molar refractivity (Wildman–Crippen MR) is 108 cm³/mol. The third kappa shape index (κ3) is 4.45. The molecule has 2 unspecified atom stereocenters. The summed E-state index contributed by atoms with van der Waals surface area (Å²) in [7, 11) is 0. The van der Waals surface area contributed by atoms with Crippen molar-refractivity contribution >= 4 is 11.9 Å². The van der Waals surface area contributed by atoms with Gasteiger partial charge < -0.3 is 9.47 Å². The van der Waals surface area contributed by atoms with Crippen molar-refractivity contribution in [2.75, 3.05) is 0 Å². The number of ether oxygens (including phenoxy) is 2. The van der Waals surface area contributed by atoms with E-state index in [4.69, 9.17) is 20.0 Å². The van der Waals surface area contributed by atoms with Gasteiger partial charge in [-0.3, -0.25) is 0 Å². The molecule has 2 aromatic carbocycles. The number of nitrogens with zero attached hydrogens (tertiary/aromatic N) is 2. The quantitative estimate of drug-likeness (QED) is 0.712. The van der Waals surface area contributed by atoms with Gasteiger partial charge in [-0.2, -0.15) is 10.5 Å². The maximum Gasteiger partial charge on any atom is 0.343 e. The molecule has 0 spiro atoms. The molecule has 6 nitrogen and oxygen atoms in total. The standard InChI is InChI=1S/C24H18N2O4/c1-15-3-12-21(29-23(27)19-8-4-17(13-25)5-9-19)22(16(15)2)30-24(28)20-10-6-18(14-26)7-11-20/h3-12,16,22H,1-2H3. The minimum Gasteiger partial charge on any atom is -0.450 e. The predicted octanol–water partition coefficient (Wildman–Crippen LogP) is 4.29. The number of carbonyl (C=O) groups is 2. The molecule has 0 saturated carbocycles. The van der Waals surface area contributed by atoms with E-state index in [1.807, 2.05) is 32.1 Å². The maximum absolute atomic E-state index is 12.6. The minimum absolute atomic E-state index is 0.193. The highest BCUT2D eigenvalue weighted by molar-refractivity contribution is 5.91. The molecule has 0 amide bonds. The van der Waals surface area contributed by atoms with E-state index in [-0.39, 0.29) is 17.2 Å². The van der Waals surface area contributed by atoms with E-state index < -0.39 is 18.0 Å². The first-order chi connectivity index (χ1) is 14.4. The first kappa shape index (κ1) is 20.6. The molecule has 0 heterocycles. The molecule has 0 saturated heterocycles. The molecule has 0 aliphatic heterocycles. The van der Waals surface area contributed by atoms with Crippen LogP contribution in [0.5, 0.6) is 0 Å². The summed E-state index contributed by atoms with van der Waals surface area (Å²) in [5.41, 5.74) is 2.43. The van der Waals surface area contributed by atoms with Crippen LogP contribution in [0.2, 0.25) is 0 Å². The molecule has 30 heavy (non-hydrogen) atoms. The van der Waals surface area contributed by atoms with Gasteiger partial charge in [-0.25, -0.2) is 9.59 Å². The molecule has 2 atom stereocenters. The summed E-state index contributed by atoms with van der Waals surface area (Å²) in [6, 6.07) is 16.2. The van der Waals surface area contributed by atoms with Crippen molar-refractivity contribution in [1.82, 2.24) is 0 Å². The van der Waals surface area contributed by atoms with E-state index in [9.17, 15) is 9.59 Å². The van der Waals surface area contributed by atoms with Gasteiger partial charge in [0.25, 0.3) is 0 Å². The fourth-order valence-corrected chi connectivity index (χ4v) is 2.91. The zero-order valence-electron chi connectivity index (χ0n) is 16.5. The van der Waals surface area contributed by atoms with Gasteiger partial charge in [0.2, 0.25) is 0 Å². The Morgan fingerprint density at radius 1 is 0.833 bits per heavy atom. The lowest BCUT2D eigenvalue weighted by molar-refractivity contribution is 0.0102. The third-order valence-corrected chi connectivity index (χ3v) is 4.91. The number of allylic oxidation sites excluding steroid dienone is 2. The van der Waals surface area contributed by atoms with Crippen LogP contribution in [0.25, 0.3) is 0 Å². The molecule has 3 rings (SSSR count). The molecule has 0 radical (unpaired) electrons. The second-order valence-corrected chi connectivity index (χ2v) is 6.86. The highest BCUT2D eigenvalue weighted by atomic mass is 16.6. The summed E-state index contributed by atoms with van der Waals surface area (Å²) < 4.78 is 11.2. The summed E-state index contributed by atoms with van der Waals surface area (Å²) in [4.78, 5) is 25.1. The fourth-order valence-electron chi connectivity index (χ4n) is 2.91. The first-order valence-corrected chi connectivity index (χ1v) is 9.24. The Morgan fingerprint density at radius 3 is 1.83 bits per heavy atom. The van der Waals surface area contributed by atoms with E-state index >= 15 is 0 Å². The SMILES string of the molecule is CC1=CC=C(OC(=O)c2ccc(C#N)cc2)C(OC(=O)c2ccc(C#N)cc2)C1C. The van der Waals surface area contributed by atoms with Crippen LogP contribution in [-0.2, 0) is 9.47 Å². The fraction of sp³-hybridized carbons (Fsp3) is 0.167. The number of hydrogen-bond acceptors (Lipinski definition) is 6. The summed E-state index contributed by atoms with van der Waals surface area (Å²) in [5.74, 6) is -1.15. The van der Waals surface area contributed by atoms with Crippen molar-refractivity contribution < 1.29 is 19.1 Å². The molecule has 1 aliphatic carbocycles. The Hall–Kier alpha value is -4.16. The zero-order valence-corrected chi connectivity index (χ0v) is 16.5. The molecular weight excluding hydrogens is 380 g/mol. The van der Waals surface area contributed by atoms with Crippen molar-refractivity contribution in [3.05, 3.63) is 94.3 Å². The lowest BCUT2D eigenvalue weighted by Gasteiger charge is -2.29. The number of carbonyl (C=O) groups excluding carboxylic acids is 2. The largest absolute Gasteiger partial charge is 0.450 e. The van der Waals surface area contributed by atoms with Gasteiger partial charge in [0.05, 0.1) is 34.4 Å². The third-order valence-electron chi connectivity index (χ3n) is 4.91. The molecule has 0 N–H and O–H groups in total. The number of esters is 2. The summed E-state index contributed by atoms with van der Waals surface area (Å²) in [6.07, 6.45) is 2.66. The molecular formula is C24H18N2O4. The Kier molecular flexibility index (Phi) is 6.10. The van der Waals surface area contributed by atoms with E-state index in [0.717, 1.165) is 5.57 Å². The molecule has 0 fully saturated rings. The minimum atomic E-state index is -0.777. The van der Waals surface area contributed by atoms with Gasteiger partial charge in [0, 0.05) is 5.92 Å². The Balaban J connectivity index is 1.79. The Bertz CT molecular complexity index is 1110. The van der Waals surface area contributed by atoms with Crippen molar-refractivity contribution in [3.63, 3.8) is 0 Å². The van der Waals surface area contributed by atoms with Crippen LogP contribution in [0, 0.1) is 28.6 Å². The lowest BCUT2D eigenvalue weighted by atomic mass is 9.90. The molecule has 0 bridgehead atoms. The van der Waals surface area contributed by atoms with Crippen LogP contribution in [0.15, 0.2) is 72.0 Å². The van der Waals surface area contributed by atoms with E-state index in [1.54, 1.807) is 6.08 Å².